The predicted octanol–water partition coefficient (Wildman–Crippen LogP) is 2.48. The number of nitrogens with one attached hydrogen (secondary N) is 1. The molecule has 0 saturated heterocycles. The Bertz CT molecular complexity index is 798. The number of nitrogens with zero attached hydrogens (tertiary/aromatic N) is 1. The lowest BCUT2D eigenvalue weighted by Crippen LogP contribution is -2.53. The van der Waals surface area contributed by atoms with E-state index >= 15 is 0 Å². The molecular weight excluding hydrogens is 364 g/mol. The molecule has 5 heteroatoms. The molecular formula is C24H40N2O3. The molecule has 0 fully saturated rings. The Hall–Kier alpha value is -1.59. The number of unbranched alkanes of at least 4 members (excludes halogenated alkanes) is 1. The van der Waals surface area contributed by atoms with E-state index in [0.29, 0.717) is 5.92 Å². The molecule has 0 aromatic carbocycles. The summed E-state index contributed by atoms with van der Waals surface area (Å²) in [5, 5.41) is 11.5. The molecule has 29 heavy (non-hydrogen) atoms. The van der Waals surface area contributed by atoms with E-state index in [1.54, 1.807) is 0 Å². The monoisotopic (exact) mass is 404 g/mol. The van der Waals surface area contributed by atoms with E-state index < -0.39 is 5.41 Å². The number of hydrogen-bond donors (Lipinski definition) is 2. The van der Waals surface area contributed by atoms with Crippen LogP contribution in [-0.4, -0.2) is 54.3 Å². The molecule has 0 saturated carbocycles. The highest BCUT2D eigenvalue weighted by Crippen LogP contribution is 2.41. The molecule has 164 valence electrons. The van der Waals surface area contributed by atoms with E-state index in [2.05, 4.69) is 56.8 Å². The van der Waals surface area contributed by atoms with Crippen molar-refractivity contribution in [3.8, 4) is 0 Å². The van der Waals surface area contributed by atoms with Crippen molar-refractivity contribution in [1.82, 2.24) is 9.88 Å². The molecule has 1 aliphatic heterocycles. The Morgan fingerprint density at radius 2 is 2.17 bits per heavy atom. The number of fused-ring (bicyclic) bond motifs is 1. The predicted molar refractivity (Wildman–Crippen MR) is 119 cm³/mol. The Morgan fingerprint density at radius 1 is 1.45 bits per heavy atom. The normalized spacial score (nSPS) is 25.0. The average molecular weight is 405 g/mol. The molecule has 3 atom stereocenters. The minimum absolute atomic E-state index is 0.0225. The minimum Gasteiger partial charge on any atom is -0.468 e. The molecule has 1 aliphatic rings. The van der Waals surface area contributed by atoms with Crippen LogP contribution in [0.25, 0.3) is 12.2 Å². The molecule has 0 bridgehead atoms. The maximum atomic E-state index is 13.5. The van der Waals surface area contributed by atoms with Gasteiger partial charge in [0.1, 0.15) is 5.41 Å². The largest absolute Gasteiger partial charge is 0.468 e. The first-order chi connectivity index (χ1) is 13.9. The summed E-state index contributed by atoms with van der Waals surface area (Å²) in [5.41, 5.74) is 1.57. The van der Waals surface area contributed by atoms with E-state index in [1.807, 2.05) is 0 Å². The maximum Gasteiger partial charge on any atom is 0.319 e. The third kappa shape index (κ3) is 4.61. The van der Waals surface area contributed by atoms with Gasteiger partial charge in [-0.05, 0) is 63.3 Å². The Labute approximate surface area is 175 Å². The van der Waals surface area contributed by atoms with Crippen molar-refractivity contribution in [2.75, 3.05) is 27.3 Å². The molecule has 5 nitrogen and oxygen atoms in total. The molecule has 1 aromatic heterocycles. The highest BCUT2D eigenvalue weighted by molar-refractivity contribution is 5.84. The second-order valence-corrected chi connectivity index (χ2v) is 8.61. The van der Waals surface area contributed by atoms with Crippen molar-refractivity contribution in [3.05, 3.63) is 21.8 Å². The molecule has 0 radical (unpaired) electrons. The topological polar surface area (TPSA) is 65.6 Å². The summed E-state index contributed by atoms with van der Waals surface area (Å²) < 4.78 is 5.45. The number of H-pyrrole nitrogens is 1. The molecule has 0 aliphatic carbocycles. The van der Waals surface area contributed by atoms with Crippen LogP contribution in [0, 0.1) is 5.92 Å². The molecule has 1 aromatic rings. The zero-order chi connectivity index (χ0) is 21.6. The van der Waals surface area contributed by atoms with E-state index in [4.69, 9.17) is 9.84 Å². The number of hydrogen-bond acceptors (Lipinski definition) is 4. The van der Waals surface area contributed by atoms with Crippen molar-refractivity contribution < 1.29 is 14.6 Å². The third-order valence-electron chi connectivity index (χ3n) is 6.73. The van der Waals surface area contributed by atoms with Gasteiger partial charge in [0.2, 0.25) is 0 Å². The van der Waals surface area contributed by atoms with Crippen molar-refractivity contribution in [2.24, 2.45) is 5.92 Å². The van der Waals surface area contributed by atoms with Crippen LogP contribution in [0.2, 0.25) is 0 Å². The standard InChI is InChI=1S/C24H40N2O3/c1-7-11-21-19(8-2)20-13-14-26(5)18(4)24(22(20)25-21,23(28)29-6)16-17(3)12-9-10-15-27/h8,11,17-18,25,27H,7,9-10,12-16H2,1-6H3/b19-8+,21-11?/t17-,18?,24?/m0/s1. The third-order valence-corrected chi connectivity index (χ3v) is 6.73. The summed E-state index contributed by atoms with van der Waals surface area (Å²) in [4.78, 5) is 19.4. The summed E-state index contributed by atoms with van der Waals surface area (Å²) in [7, 11) is 3.62. The number of methoxy groups -OCH3 is 1. The van der Waals surface area contributed by atoms with Gasteiger partial charge in [-0.15, -0.1) is 0 Å². The van der Waals surface area contributed by atoms with E-state index in [0.717, 1.165) is 56.1 Å². The number of aromatic amines is 1. The zero-order valence-electron chi connectivity index (χ0n) is 19.2. The fourth-order valence-electron chi connectivity index (χ4n) is 5.04. The van der Waals surface area contributed by atoms with Crippen LogP contribution in [0.3, 0.4) is 0 Å². The molecule has 0 spiro atoms. The van der Waals surface area contributed by atoms with E-state index in [-0.39, 0.29) is 18.6 Å². The van der Waals surface area contributed by atoms with Crippen LogP contribution in [0.4, 0.5) is 0 Å². The van der Waals surface area contributed by atoms with Crippen molar-refractivity contribution in [1.29, 1.82) is 0 Å². The van der Waals surface area contributed by atoms with Gasteiger partial charge in [0.15, 0.2) is 0 Å². The number of aromatic nitrogens is 1. The highest BCUT2D eigenvalue weighted by Gasteiger charge is 2.52. The van der Waals surface area contributed by atoms with E-state index in [1.165, 1.54) is 17.9 Å². The van der Waals surface area contributed by atoms with Crippen molar-refractivity contribution in [2.45, 2.75) is 77.7 Å². The lowest BCUT2D eigenvalue weighted by Gasteiger charge is -2.41. The van der Waals surface area contributed by atoms with Crippen LogP contribution in [0.1, 0.15) is 71.1 Å². The van der Waals surface area contributed by atoms with Crippen LogP contribution >= 0.6 is 0 Å². The lowest BCUT2D eigenvalue weighted by atomic mass is 9.70. The molecule has 2 unspecified atom stereocenters. The average Bonchev–Trinajstić information content (AvgIpc) is 3.02. The van der Waals surface area contributed by atoms with Crippen LogP contribution < -0.4 is 10.6 Å². The summed E-state index contributed by atoms with van der Waals surface area (Å²) in [6, 6.07) is 0.0225. The second-order valence-electron chi connectivity index (χ2n) is 8.61. The summed E-state index contributed by atoms with van der Waals surface area (Å²) >= 11 is 0. The minimum atomic E-state index is -0.731. The molecule has 2 rings (SSSR count). The van der Waals surface area contributed by atoms with Gasteiger partial charge in [-0.3, -0.25) is 4.79 Å². The number of aliphatic hydroxyl groups is 1. The van der Waals surface area contributed by atoms with Gasteiger partial charge in [0.05, 0.1) is 7.11 Å². The molecule has 2 N–H and O–H groups in total. The smallest absolute Gasteiger partial charge is 0.319 e. The van der Waals surface area contributed by atoms with Crippen molar-refractivity contribution in [3.63, 3.8) is 0 Å². The SMILES string of the molecule is C/C=c1\c2c([nH]c1=CCC)C(C[C@@H](C)CCCCO)(C(=O)OC)C(C)N(C)CC2. The number of esters is 1. The number of carbonyl (C=O) groups is 1. The second kappa shape index (κ2) is 10.4. The fraction of sp³-hybridized carbons (Fsp3) is 0.708. The zero-order valence-corrected chi connectivity index (χ0v) is 19.2. The number of aliphatic hydroxyl groups excluding tert-OH is 1. The Morgan fingerprint density at radius 3 is 2.76 bits per heavy atom. The number of likely N-dealkylation sites (N-methyl/N-ethyl adjacent to an activating group) is 1. The van der Waals surface area contributed by atoms with Gasteiger partial charge in [0.25, 0.3) is 0 Å². The van der Waals surface area contributed by atoms with Gasteiger partial charge in [0, 0.05) is 30.2 Å². The van der Waals surface area contributed by atoms with Gasteiger partial charge in [-0.25, -0.2) is 0 Å². The first kappa shape index (κ1) is 23.7. The number of rotatable bonds is 8. The van der Waals surface area contributed by atoms with E-state index in [9.17, 15) is 4.79 Å². The number of ether oxygens (including phenoxy) is 1. The first-order valence-electron chi connectivity index (χ1n) is 11.1. The Kier molecular flexibility index (Phi) is 8.53. The Balaban J connectivity index is 2.69. The summed E-state index contributed by atoms with van der Waals surface area (Å²) in [6.07, 6.45) is 9.75. The van der Waals surface area contributed by atoms with Crippen LogP contribution in [0.5, 0.6) is 0 Å². The van der Waals surface area contributed by atoms with Crippen LogP contribution in [0.15, 0.2) is 0 Å². The fourth-order valence-corrected chi connectivity index (χ4v) is 5.04. The number of carbonyl (C=O) groups excluding carboxylic acids is 1. The quantitative estimate of drug-likeness (QED) is 0.516. The molecule has 2 heterocycles. The lowest BCUT2D eigenvalue weighted by molar-refractivity contribution is -0.151. The molecule has 0 amide bonds. The van der Waals surface area contributed by atoms with Crippen molar-refractivity contribution >= 4 is 18.1 Å². The first-order valence-corrected chi connectivity index (χ1v) is 11.1. The van der Waals surface area contributed by atoms with Gasteiger partial charge in [-0.2, -0.15) is 0 Å². The highest BCUT2D eigenvalue weighted by atomic mass is 16.5. The summed E-state index contributed by atoms with van der Waals surface area (Å²) in [5.74, 6) is 0.194. The summed E-state index contributed by atoms with van der Waals surface area (Å²) in [6.45, 7) is 9.72. The van der Waals surface area contributed by atoms with Gasteiger partial charge in [-0.1, -0.05) is 38.8 Å². The van der Waals surface area contributed by atoms with Gasteiger partial charge >= 0.3 is 5.97 Å². The van der Waals surface area contributed by atoms with Gasteiger partial charge < -0.3 is 19.7 Å². The maximum absolute atomic E-state index is 13.5. The van der Waals surface area contributed by atoms with Crippen LogP contribution in [-0.2, 0) is 21.4 Å².